The van der Waals surface area contributed by atoms with E-state index in [1.807, 2.05) is 6.07 Å². The fourth-order valence-corrected chi connectivity index (χ4v) is 1.28. The van der Waals surface area contributed by atoms with Crippen LogP contribution in [0.5, 0.6) is 5.75 Å². The van der Waals surface area contributed by atoms with Gasteiger partial charge in [0.2, 0.25) is 0 Å². The molecular formula is C13H18FNO. The highest BCUT2D eigenvalue weighted by molar-refractivity contribution is 5.29. The number of rotatable bonds is 6. The third kappa shape index (κ3) is 4.45. The zero-order valence-electron chi connectivity index (χ0n) is 9.79. The third-order valence-electron chi connectivity index (χ3n) is 2.01. The van der Waals surface area contributed by atoms with Crippen LogP contribution in [0.4, 0.5) is 4.39 Å². The molecule has 1 aromatic carbocycles. The van der Waals surface area contributed by atoms with E-state index in [-0.39, 0.29) is 5.82 Å². The van der Waals surface area contributed by atoms with Crippen LogP contribution in [0.3, 0.4) is 0 Å². The SMILES string of the molecule is C=CCOc1cc(F)cc(CNC(C)C)c1. The van der Waals surface area contributed by atoms with Gasteiger partial charge in [0.25, 0.3) is 0 Å². The van der Waals surface area contributed by atoms with Crippen LogP contribution in [0.15, 0.2) is 30.9 Å². The maximum Gasteiger partial charge on any atom is 0.127 e. The summed E-state index contributed by atoms with van der Waals surface area (Å²) in [6.07, 6.45) is 1.64. The molecule has 1 N–H and O–H groups in total. The molecule has 0 saturated heterocycles. The van der Waals surface area contributed by atoms with Crippen molar-refractivity contribution in [3.8, 4) is 5.75 Å². The lowest BCUT2D eigenvalue weighted by Crippen LogP contribution is -2.21. The molecule has 3 heteroatoms. The molecule has 0 amide bonds. The Labute approximate surface area is 96.1 Å². The zero-order valence-corrected chi connectivity index (χ0v) is 9.79. The number of hydrogen-bond acceptors (Lipinski definition) is 2. The summed E-state index contributed by atoms with van der Waals surface area (Å²) in [6.45, 7) is 8.68. The second-order valence-corrected chi connectivity index (χ2v) is 3.93. The summed E-state index contributed by atoms with van der Waals surface area (Å²) >= 11 is 0. The average Bonchev–Trinajstić information content (AvgIpc) is 2.23. The summed E-state index contributed by atoms with van der Waals surface area (Å²) in [7, 11) is 0. The lowest BCUT2D eigenvalue weighted by Gasteiger charge is -2.10. The third-order valence-corrected chi connectivity index (χ3v) is 2.01. The zero-order chi connectivity index (χ0) is 12.0. The minimum Gasteiger partial charge on any atom is -0.489 e. The van der Waals surface area contributed by atoms with E-state index in [4.69, 9.17) is 4.74 Å². The van der Waals surface area contributed by atoms with E-state index in [0.717, 1.165) is 5.56 Å². The molecule has 0 heterocycles. The van der Waals surface area contributed by atoms with Crippen LogP contribution in [0, 0.1) is 5.82 Å². The second-order valence-electron chi connectivity index (χ2n) is 3.93. The fourth-order valence-electron chi connectivity index (χ4n) is 1.28. The smallest absolute Gasteiger partial charge is 0.127 e. The Kier molecular flexibility index (Phi) is 4.99. The number of hydrogen-bond donors (Lipinski definition) is 1. The van der Waals surface area contributed by atoms with Gasteiger partial charge in [0.05, 0.1) is 0 Å². The molecule has 0 atom stereocenters. The van der Waals surface area contributed by atoms with Crippen LogP contribution in [0.1, 0.15) is 19.4 Å². The summed E-state index contributed by atoms with van der Waals surface area (Å²) in [5.41, 5.74) is 0.882. The van der Waals surface area contributed by atoms with Crippen molar-refractivity contribution in [1.29, 1.82) is 0 Å². The van der Waals surface area contributed by atoms with Crippen molar-refractivity contribution in [3.63, 3.8) is 0 Å². The molecule has 2 nitrogen and oxygen atoms in total. The van der Waals surface area contributed by atoms with Gasteiger partial charge in [-0.05, 0) is 17.7 Å². The van der Waals surface area contributed by atoms with Crippen molar-refractivity contribution in [3.05, 3.63) is 42.2 Å². The number of benzene rings is 1. The molecular weight excluding hydrogens is 205 g/mol. The molecule has 0 aliphatic carbocycles. The monoisotopic (exact) mass is 223 g/mol. The van der Waals surface area contributed by atoms with Gasteiger partial charge in [0, 0.05) is 18.7 Å². The molecule has 0 fully saturated rings. The van der Waals surface area contributed by atoms with Crippen molar-refractivity contribution in [2.24, 2.45) is 0 Å². The van der Waals surface area contributed by atoms with Crippen molar-refractivity contribution < 1.29 is 9.13 Å². The molecule has 0 bridgehead atoms. The topological polar surface area (TPSA) is 21.3 Å². The van der Waals surface area contributed by atoms with Crippen molar-refractivity contribution in [2.45, 2.75) is 26.4 Å². The largest absolute Gasteiger partial charge is 0.489 e. The van der Waals surface area contributed by atoms with E-state index >= 15 is 0 Å². The van der Waals surface area contributed by atoms with E-state index < -0.39 is 0 Å². The first-order valence-electron chi connectivity index (χ1n) is 5.38. The maximum atomic E-state index is 13.2. The predicted octanol–water partition coefficient (Wildman–Crippen LogP) is 2.89. The molecule has 0 radical (unpaired) electrons. The van der Waals surface area contributed by atoms with Gasteiger partial charge in [0.1, 0.15) is 18.2 Å². The Morgan fingerprint density at radius 3 is 2.81 bits per heavy atom. The minimum absolute atomic E-state index is 0.276. The van der Waals surface area contributed by atoms with Crippen molar-refractivity contribution >= 4 is 0 Å². The average molecular weight is 223 g/mol. The summed E-state index contributed by atoms with van der Waals surface area (Å²) in [6, 6.07) is 5.10. The molecule has 0 unspecified atom stereocenters. The summed E-state index contributed by atoms with van der Waals surface area (Å²) in [4.78, 5) is 0. The molecule has 16 heavy (non-hydrogen) atoms. The number of nitrogens with one attached hydrogen (secondary N) is 1. The predicted molar refractivity (Wildman–Crippen MR) is 64.1 cm³/mol. The maximum absolute atomic E-state index is 13.2. The Bertz CT molecular complexity index is 350. The molecule has 0 saturated carbocycles. The van der Waals surface area contributed by atoms with Crippen LogP contribution in [-0.2, 0) is 6.54 Å². The van der Waals surface area contributed by atoms with Gasteiger partial charge in [-0.15, -0.1) is 0 Å². The molecule has 1 aromatic rings. The first-order chi connectivity index (χ1) is 7.61. The highest BCUT2D eigenvalue weighted by atomic mass is 19.1. The summed E-state index contributed by atoms with van der Waals surface area (Å²) in [5, 5.41) is 3.23. The van der Waals surface area contributed by atoms with Gasteiger partial charge in [0.15, 0.2) is 0 Å². The first kappa shape index (κ1) is 12.7. The van der Waals surface area contributed by atoms with E-state index in [0.29, 0.717) is 24.9 Å². The van der Waals surface area contributed by atoms with E-state index in [9.17, 15) is 4.39 Å². The summed E-state index contributed by atoms with van der Waals surface area (Å²) in [5.74, 6) is 0.266. The van der Waals surface area contributed by atoms with Crippen LogP contribution in [0.25, 0.3) is 0 Å². The molecule has 0 aliphatic heterocycles. The minimum atomic E-state index is -0.276. The Morgan fingerprint density at radius 2 is 2.19 bits per heavy atom. The van der Waals surface area contributed by atoms with Gasteiger partial charge in [-0.25, -0.2) is 4.39 Å². The van der Waals surface area contributed by atoms with Crippen LogP contribution >= 0.6 is 0 Å². The molecule has 0 aromatic heterocycles. The van der Waals surface area contributed by atoms with Gasteiger partial charge in [-0.2, -0.15) is 0 Å². The second kappa shape index (κ2) is 6.28. The molecule has 0 aliphatic rings. The Hall–Kier alpha value is -1.35. The standard InChI is InChI=1S/C13H18FNO/c1-4-5-16-13-7-11(6-12(14)8-13)9-15-10(2)3/h4,6-8,10,15H,1,5,9H2,2-3H3. The Balaban J connectivity index is 2.69. The van der Waals surface area contributed by atoms with Crippen LogP contribution in [-0.4, -0.2) is 12.6 Å². The first-order valence-corrected chi connectivity index (χ1v) is 5.38. The van der Waals surface area contributed by atoms with E-state index in [1.54, 1.807) is 6.08 Å². The van der Waals surface area contributed by atoms with Gasteiger partial charge in [-0.3, -0.25) is 0 Å². The normalized spacial score (nSPS) is 10.5. The number of halogens is 1. The lowest BCUT2D eigenvalue weighted by molar-refractivity contribution is 0.360. The highest BCUT2D eigenvalue weighted by Crippen LogP contribution is 2.16. The summed E-state index contributed by atoms with van der Waals surface area (Å²) < 4.78 is 18.5. The van der Waals surface area contributed by atoms with E-state index in [2.05, 4.69) is 25.7 Å². The van der Waals surface area contributed by atoms with Crippen molar-refractivity contribution in [1.82, 2.24) is 5.32 Å². The Morgan fingerprint density at radius 1 is 1.44 bits per heavy atom. The number of ether oxygens (including phenoxy) is 1. The fraction of sp³-hybridized carbons (Fsp3) is 0.385. The molecule has 0 spiro atoms. The molecule has 88 valence electrons. The quantitative estimate of drug-likeness (QED) is 0.749. The van der Waals surface area contributed by atoms with Crippen LogP contribution in [0.2, 0.25) is 0 Å². The van der Waals surface area contributed by atoms with Gasteiger partial charge < -0.3 is 10.1 Å². The van der Waals surface area contributed by atoms with Crippen molar-refractivity contribution in [2.75, 3.05) is 6.61 Å². The van der Waals surface area contributed by atoms with Gasteiger partial charge >= 0.3 is 0 Å². The van der Waals surface area contributed by atoms with Gasteiger partial charge in [-0.1, -0.05) is 26.5 Å². The van der Waals surface area contributed by atoms with E-state index in [1.165, 1.54) is 12.1 Å². The van der Waals surface area contributed by atoms with Crippen LogP contribution < -0.4 is 10.1 Å². The molecule has 1 rings (SSSR count). The highest BCUT2D eigenvalue weighted by Gasteiger charge is 2.02. The lowest BCUT2D eigenvalue weighted by atomic mass is 10.2.